The smallest absolute Gasteiger partial charge is 0.256 e. The van der Waals surface area contributed by atoms with Crippen molar-refractivity contribution in [2.45, 2.75) is 34.1 Å². The van der Waals surface area contributed by atoms with Gasteiger partial charge in [0.2, 0.25) is 0 Å². The minimum absolute atomic E-state index is 0.0767. The molecule has 1 saturated heterocycles. The van der Waals surface area contributed by atoms with Crippen LogP contribution in [0.3, 0.4) is 0 Å². The third kappa shape index (κ3) is 2.59. The summed E-state index contributed by atoms with van der Waals surface area (Å²) in [6.45, 7) is 9.08. The van der Waals surface area contributed by atoms with Gasteiger partial charge in [-0.25, -0.2) is 5.06 Å². The lowest BCUT2D eigenvalue weighted by Gasteiger charge is -2.31. The summed E-state index contributed by atoms with van der Waals surface area (Å²) < 4.78 is 2.01. The number of halogens is 1. The van der Waals surface area contributed by atoms with Crippen molar-refractivity contribution in [2.24, 2.45) is 10.8 Å². The lowest BCUT2D eigenvalue weighted by molar-refractivity contribution is -0.173. The molecule has 1 amide bonds. The Morgan fingerprint density at radius 3 is 2.50 bits per heavy atom. The zero-order chi connectivity index (χ0) is 12.6. The molecule has 0 aromatic heterocycles. The van der Waals surface area contributed by atoms with Crippen molar-refractivity contribution < 1.29 is 9.63 Å². The predicted octanol–water partition coefficient (Wildman–Crippen LogP) is 3.15. The summed E-state index contributed by atoms with van der Waals surface area (Å²) in [5.41, 5.74) is 0.865. The van der Waals surface area contributed by atoms with E-state index in [0.717, 1.165) is 12.0 Å². The monoisotopic (exact) mass is 337 g/mol. The van der Waals surface area contributed by atoms with Crippen LogP contribution in [0.1, 0.15) is 34.1 Å². The second-order valence-corrected chi connectivity index (χ2v) is 6.35. The molecule has 0 aromatic rings. The maximum atomic E-state index is 12.3. The van der Waals surface area contributed by atoms with E-state index in [1.54, 1.807) is 7.11 Å². The summed E-state index contributed by atoms with van der Waals surface area (Å²) in [6.07, 6.45) is 0.841. The molecule has 1 rings (SSSR count). The molecular weight excluding hydrogens is 317 g/mol. The number of hydroxylamine groups is 2. The van der Waals surface area contributed by atoms with Gasteiger partial charge >= 0.3 is 0 Å². The third-order valence-corrected chi connectivity index (χ3v) is 3.71. The van der Waals surface area contributed by atoms with Crippen LogP contribution >= 0.6 is 22.6 Å². The van der Waals surface area contributed by atoms with Crippen LogP contribution in [0.5, 0.6) is 0 Å². The fourth-order valence-corrected chi connectivity index (χ4v) is 3.25. The average Bonchev–Trinajstić information content (AvgIpc) is 2.37. The van der Waals surface area contributed by atoms with Crippen molar-refractivity contribution in [3.8, 4) is 0 Å². The van der Waals surface area contributed by atoms with Crippen LogP contribution in [0.4, 0.5) is 0 Å². The van der Waals surface area contributed by atoms with Crippen molar-refractivity contribution >= 4 is 28.5 Å². The van der Waals surface area contributed by atoms with Gasteiger partial charge in [0.1, 0.15) is 0 Å². The maximum Gasteiger partial charge on any atom is 0.256 e. The highest BCUT2D eigenvalue weighted by molar-refractivity contribution is 14.1. The van der Waals surface area contributed by atoms with E-state index in [1.807, 2.05) is 11.0 Å². The molecule has 0 spiro atoms. The van der Waals surface area contributed by atoms with E-state index in [-0.39, 0.29) is 11.3 Å². The van der Waals surface area contributed by atoms with E-state index in [4.69, 9.17) is 4.84 Å². The second-order valence-electron chi connectivity index (χ2n) is 5.73. The van der Waals surface area contributed by atoms with Gasteiger partial charge in [0.25, 0.3) is 5.91 Å². The molecule has 1 fully saturated rings. The minimum atomic E-state index is -0.407. The summed E-state index contributed by atoms with van der Waals surface area (Å²) in [7, 11) is 1.55. The van der Waals surface area contributed by atoms with Crippen molar-refractivity contribution in [1.29, 1.82) is 0 Å². The van der Waals surface area contributed by atoms with Crippen molar-refractivity contribution in [2.75, 3.05) is 13.7 Å². The molecule has 16 heavy (non-hydrogen) atoms. The Balaban J connectivity index is 3.04. The second kappa shape index (κ2) is 4.64. The van der Waals surface area contributed by atoms with Crippen LogP contribution in [-0.2, 0) is 9.63 Å². The fourth-order valence-electron chi connectivity index (χ4n) is 2.37. The van der Waals surface area contributed by atoms with Crippen molar-refractivity contribution in [3.05, 3.63) is 9.66 Å². The number of nitrogens with zero attached hydrogens (tertiary/aromatic N) is 1. The van der Waals surface area contributed by atoms with E-state index in [0.29, 0.717) is 6.54 Å². The molecule has 0 N–H and O–H groups in total. The molecule has 0 aliphatic carbocycles. The first-order chi connectivity index (χ1) is 7.24. The Kier molecular flexibility index (Phi) is 4.05. The summed E-state index contributed by atoms with van der Waals surface area (Å²) in [5.74, 6) is 0.0767. The largest absolute Gasteiger partial charge is 0.274 e. The maximum absolute atomic E-state index is 12.3. The molecule has 1 atom stereocenters. The molecule has 4 heteroatoms. The van der Waals surface area contributed by atoms with Crippen LogP contribution in [0.25, 0.3) is 0 Å². The van der Waals surface area contributed by atoms with E-state index in [2.05, 4.69) is 43.4 Å². The van der Waals surface area contributed by atoms with Gasteiger partial charge in [-0.2, -0.15) is 0 Å². The lowest BCUT2D eigenvalue weighted by Crippen LogP contribution is -2.35. The summed E-state index contributed by atoms with van der Waals surface area (Å²) in [6, 6.07) is 0. The minimum Gasteiger partial charge on any atom is -0.274 e. The van der Waals surface area contributed by atoms with Crippen LogP contribution in [0.15, 0.2) is 9.66 Å². The molecule has 92 valence electrons. The van der Waals surface area contributed by atoms with Gasteiger partial charge in [-0.05, 0) is 28.4 Å². The number of carbonyl (C=O) groups excluding carboxylic acids is 1. The van der Waals surface area contributed by atoms with E-state index < -0.39 is 5.41 Å². The van der Waals surface area contributed by atoms with Gasteiger partial charge in [-0.15, -0.1) is 0 Å². The Labute approximate surface area is 111 Å². The molecule has 0 aromatic carbocycles. The molecule has 1 aliphatic heterocycles. The topological polar surface area (TPSA) is 29.5 Å². The SMILES string of the molecule is CON1C/C(=C\I)[C@](C)(CC(C)(C)C)C1=O. The van der Waals surface area contributed by atoms with Gasteiger partial charge in [0.05, 0.1) is 19.1 Å². The first kappa shape index (κ1) is 14.0. The Hall–Kier alpha value is -0.100. The molecule has 1 aliphatic rings. The Morgan fingerprint density at radius 2 is 2.12 bits per heavy atom. The molecule has 0 radical (unpaired) electrons. The van der Waals surface area contributed by atoms with Gasteiger partial charge in [-0.1, -0.05) is 43.4 Å². The Morgan fingerprint density at radius 1 is 1.56 bits per heavy atom. The summed E-state index contributed by atoms with van der Waals surface area (Å²) in [5, 5.41) is 1.45. The first-order valence-electron chi connectivity index (χ1n) is 5.40. The van der Waals surface area contributed by atoms with Crippen LogP contribution in [0.2, 0.25) is 0 Å². The van der Waals surface area contributed by atoms with E-state index in [9.17, 15) is 4.79 Å². The lowest BCUT2D eigenvalue weighted by atomic mass is 9.72. The zero-order valence-corrected chi connectivity index (χ0v) is 12.8. The average molecular weight is 337 g/mol. The van der Waals surface area contributed by atoms with E-state index >= 15 is 0 Å². The number of rotatable bonds is 2. The number of hydrogen-bond acceptors (Lipinski definition) is 2. The molecule has 3 nitrogen and oxygen atoms in total. The highest BCUT2D eigenvalue weighted by Gasteiger charge is 2.48. The molecular formula is C12H20INO2. The molecule has 0 unspecified atom stereocenters. The standard InChI is InChI=1S/C12H20INO2/c1-11(2,3)8-12(4)9(6-13)7-14(16-5)10(12)15/h6H,7-8H2,1-5H3/b9-6+/t12-/m0/s1. The van der Waals surface area contributed by atoms with Crippen molar-refractivity contribution in [3.63, 3.8) is 0 Å². The van der Waals surface area contributed by atoms with Crippen LogP contribution in [0, 0.1) is 10.8 Å². The number of amides is 1. The quantitative estimate of drug-likeness (QED) is 0.725. The molecule has 1 heterocycles. The van der Waals surface area contributed by atoms with Crippen molar-refractivity contribution in [1.82, 2.24) is 5.06 Å². The number of hydrogen-bond donors (Lipinski definition) is 0. The highest BCUT2D eigenvalue weighted by atomic mass is 127. The summed E-state index contributed by atoms with van der Waals surface area (Å²) >= 11 is 2.21. The first-order valence-corrected chi connectivity index (χ1v) is 6.65. The Bertz CT molecular complexity index is 319. The highest BCUT2D eigenvalue weighted by Crippen LogP contribution is 2.45. The van der Waals surface area contributed by atoms with Gasteiger partial charge < -0.3 is 0 Å². The number of carbonyl (C=O) groups is 1. The third-order valence-electron chi connectivity index (χ3n) is 2.96. The fraction of sp³-hybridized carbons (Fsp3) is 0.750. The zero-order valence-electron chi connectivity index (χ0n) is 10.6. The van der Waals surface area contributed by atoms with E-state index in [1.165, 1.54) is 5.06 Å². The predicted molar refractivity (Wildman–Crippen MR) is 73.0 cm³/mol. The molecule has 0 saturated carbocycles. The van der Waals surface area contributed by atoms with Crippen LogP contribution < -0.4 is 0 Å². The van der Waals surface area contributed by atoms with Gasteiger partial charge in [0.15, 0.2) is 0 Å². The normalized spacial score (nSPS) is 29.2. The van der Waals surface area contributed by atoms with Crippen LogP contribution in [-0.4, -0.2) is 24.6 Å². The molecule has 0 bridgehead atoms. The van der Waals surface area contributed by atoms with Gasteiger partial charge in [-0.3, -0.25) is 9.63 Å². The van der Waals surface area contributed by atoms with Gasteiger partial charge in [0, 0.05) is 0 Å². The summed E-state index contributed by atoms with van der Waals surface area (Å²) in [4.78, 5) is 17.4.